The molecule has 0 unspecified atom stereocenters. The Balaban J connectivity index is 1.37. The third kappa shape index (κ3) is 6.15. The molecule has 2 aromatic heterocycles. The lowest BCUT2D eigenvalue weighted by Crippen LogP contribution is -2.16. The minimum atomic E-state index is -3.92. The SMILES string of the molecule is Cc1cc(C)nc(NS(=O)(=O)c2ccc(NC(=O)c3ccn(COc4ccc(F)c(Cl)c4)n3)cc2)n1. The predicted octanol–water partition coefficient (Wildman–Crippen LogP) is 4.17. The van der Waals surface area contributed by atoms with Gasteiger partial charge in [0.2, 0.25) is 5.95 Å². The number of benzene rings is 2. The van der Waals surface area contributed by atoms with Gasteiger partial charge >= 0.3 is 0 Å². The highest BCUT2D eigenvalue weighted by Gasteiger charge is 2.17. The zero-order valence-electron chi connectivity index (χ0n) is 19.1. The zero-order chi connectivity index (χ0) is 25.9. The van der Waals surface area contributed by atoms with Gasteiger partial charge in [0.25, 0.3) is 15.9 Å². The molecule has 0 radical (unpaired) electrons. The van der Waals surface area contributed by atoms with Crippen LogP contribution in [0.5, 0.6) is 5.75 Å². The van der Waals surface area contributed by atoms with Crippen molar-refractivity contribution in [3.05, 3.63) is 88.7 Å². The maximum absolute atomic E-state index is 13.2. The summed E-state index contributed by atoms with van der Waals surface area (Å²) in [4.78, 5) is 20.7. The number of sulfonamides is 1. The van der Waals surface area contributed by atoms with Crippen LogP contribution in [0.25, 0.3) is 0 Å². The maximum atomic E-state index is 13.2. The van der Waals surface area contributed by atoms with Gasteiger partial charge in [0.1, 0.15) is 11.6 Å². The molecule has 0 saturated carbocycles. The fraction of sp³-hybridized carbons (Fsp3) is 0.130. The number of rotatable bonds is 8. The Hall–Kier alpha value is -4.03. The lowest BCUT2D eigenvalue weighted by Gasteiger charge is -2.09. The lowest BCUT2D eigenvalue weighted by atomic mass is 10.3. The fourth-order valence-electron chi connectivity index (χ4n) is 3.13. The second kappa shape index (κ2) is 10.3. The van der Waals surface area contributed by atoms with Crippen molar-refractivity contribution in [2.45, 2.75) is 25.5 Å². The Kier molecular flexibility index (Phi) is 7.17. The van der Waals surface area contributed by atoms with E-state index in [0.29, 0.717) is 22.8 Å². The van der Waals surface area contributed by atoms with Crippen LogP contribution in [-0.4, -0.2) is 34.1 Å². The van der Waals surface area contributed by atoms with Gasteiger partial charge in [0.05, 0.1) is 9.92 Å². The molecule has 2 heterocycles. The molecule has 0 fully saturated rings. The third-order valence-corrected chi connectivity index (χ3v) is 6.39. The Morgan fingerprint density at radius 2 is 1.75 bits per heavy atom. The number of amides is 1. The maximum Gasteiger partial charge on any atom is 0.276 e. The first-order chi connectivity index (χ1) is 17.1. The van der Waals surface area contributed by atoms with E-state index in [1.165, 1.54) is 59.4 Å². The number of aromatic nitrogens is 4. The van der Waals surface area contributed by atoms with E-state index < -0.39 is 21.7 Å². The summed E-state index contributed by atoms with van der Waals surface area (Å²) in [6, 6.07) is 12.8. The van der Waals surface area contributed by atoms with E-state index in [1.54, 1.807) is 19.9 Å². The molecule has 2 aromatic carbocycles. The molecule has 10 nitrogen and oxygen atoms in total. The van der Waals surface area contributed by atoms with E-state index in [1.807, 2.05) is 0 Å². The zero-order valence-corrected chi connectivity index (χ0v) is 20.6. The number of hydrogen-bond donors (Lipinski definition) is 2. The standard InChI is InChI=1S/C23H20ClFN6O4S/c1-14-11-15(2)27-23(26-14)30-36(33,34)18-6-3-16(4-7-18)28-22(32)21-9-10-31(29-21)13-35-17-5-8-20(25)19(24)12-17/h3-12H,13H2,1-2H3,(H,28,32)(H,26,27,30). The molecule has 0 bridgehead atoms. The number of nitrogens with zero attached hydrogens (tertiary/aromatic N) is 4. The Morgan fingerprint density at radius 3 is 2.42 bits per heavy atom. The molecule has 0 aliphatic heterocycles. The molecule has 1 amide bonds. The number of carbonyl (C=O) groups is 1. The number of halogens is 2. The normalized spacial score (nSPS) is 11.2. The molecule has 2 N–H and O–H groups in total. The fourth-order valence-corrected chi connectivity index (χ4v) is 4.24. The molecule has 0 aliphatic rings. The van der Waals surface area contributed by atoms with Crippen LogP contribution in [0.4, 0.5) is 16.0 Å². The molecule has 0 atom stereocenters. The van der Waals surface area contributed by atoms with Crippen LogP contribution in [0.1, 0.15) is 21.9 Å². The largest absolute Gasteiger partial charge is 0.471 e. The van der Waals surface area contributed by atoms with Gasteiger partial charge < -0.3 is 10.1 Å². The Bertz CT molecular complexity index is 1510. The summed E-state index contributed by atoms with van der Waals surface area (Å²) in [6.07, 6.45) is 1.54. The smallest absolute Gasteiger partial charge is 0.276 e. The van der Waals surface area contributed by atoms with E-state index in [2.05, 4.69) is 25.1 Å². The molecule has 4 aromatic rings. The first-order valence-corrected chi connectivity index (χ1v) is 12.3. The van der Waals surface area contributed by atoms with Crippen LogP contribution in [0.2, 0.25) is 5.02 Å². The summed E-state index contributed by atoms with van der Waals surface area (Å²) < 4.78 is 47.8. The van der Waals surface area contributed by atoms with Crippen molar-refractivity contribution in [3.8, 4) is 5.75 Å². The number of nitrogens with one attached hydrogen (secondary N) is 2. The van der Waals surface area contributed by atoms with Crippen LogP contribution in [0, 0.1) is 19.7 Å². The van der Waals surface area contributed by atoms with Gasteiger partial charge in [0.15, 0.2) is 12.4 Å². The Morgan fingerprint density at radius 1 is 1.06 bits per heavy atom. The molecule has 0 spiro atoms. The molecule has 0 saturated heterocycles. The van der Waals surface area contributed by atoms with Gasteiger partial charge in [-0.25, -0.2) is 32.2 Å². The summed E-state index contributed by atoms with van der Waals surface area (Å²) in [6.45, 7) is 3.45. The molecule has 186 valence electrons. The van der Waals surface area contributed by atoms with Gasteiger partial charge in [0, 0.05) is 29.3 Å². The van der Waals surface area contributed by atoms with Crippen LogP contribution in [-0.2, 0) is 16.8 Å². The summed E-state index contributed by atoms with van der Waals surface area (Å²) in [5.74, 6) is -0.737. The average Bonchev–Trinajstić information content (AvgIpc) is 3.28. The number of ether oxygens (including phenoxy) is 1. The number of aryl methyl sites for hydroxylation is 2. The van der Waals surface area contributed by atoms with Crippen LogP contribution in [0.3, 0.4) is 0 Å². The number of anilines is 2. The van der Waals surface area contributed by atoms with E-state index >= 15 is 0 Å². The van der Waals surface area contributed by atoms with Gasteiger partial charge in [-0.1, -0.05) is 11.6 Å². The van der Waals surface area contributed by atoms with Crippen molar-refractivity contribution < 1.29 is 22.3 Å². The van der Waals surface area contributed by atoms with Crippen molar-refractivity contribution in [1.82, 2.24) is 19.7 Å². The summed E-state index contributed by atoms with van der Waals surface area (Å²) >= 11 is 5.73. The van der Waals surface area contributed by atoms with Crippen LogP contribution in [0.15, 0.2) is 65.7 Å². The van der Waals surface area contributed by atoms with E-state index in [0.717, 1.165) is 0 Å². The minimum Gasteiger partial charge on any atom is -0.471 e. The van der Waals surface area contributed by atoms with E-state index in [4.69, 9.17) is 16.3 Å². The monoisotopic (exact) mass is 530 g/mol. The van der Waals surface area contributed by atoms with Crippen molar-refractivity contribution in [2.24, 2.45) is 0 Å². The quantitative estimate of drug-likeness (QED) is 0.350. The first kappa shape index (κ1) is 25.1. The van der Waals surface area contributed by atoms with E-state index in [9.17, 15) is 17.6 Å². The summed E-state index contributed by atoms with van der Waals surface area (Å²) in [5.41, 5.74) is 1.74. The topological polar surface area (TPSA) is 128 Å². The molecular formula is C23H20ClFN6O4S. The molecular weight excluding hydrogens is 511 g/mol. The average molecular weight is 531 g/mol. The molecule has 13 heteroatoms. The molecule has 0 aliphatic carbocycles. The van der Waals surface area contributed by atoms with Crippen molar-refractivity contribution in [2.75, 3.05) is 10.0 Å². The van der Waals surface area contributed by atoms with Gasteiger partial charge in [-0.3, -0.25) is 4.79 Å². The second-order valence-corrected chi connectivity index (χ2v) is 9.74. The lowest BCUT2D eigenvalue weighted by molar-refractivity contribution is 0.102. The van der Waals surface area contributed by atoms with Crippen LogP contribution < -0.4 is 14.8 Å². The molecule has 36 heavy (non-hydrogen) atoms. The van der Waals surface area contributed by atoms with Gasteiger partial charge in [-0.05, 0) is 62.4 Å². The third-order valence-electron chi connectivity index (χ3n) is 4.76. The van der Waals surface area contributed by atoms with Crippen molar-refractivity contribution in [1.29, 1.82) is 0 Å². The highest BCUT2D eigenvalue weighted by molar-refractivity contribution is 7.92. The van der Waals surface area contributed by atoms with Crippen molar-refractivity contribution in [3.63, 3.8) is 0 Å². The highest BCUT2D eigenvalue weighted by atomic mass is 35.5. The number of hydrogen-bond acceptors (Lipinski definition) is 7. The minimum absolute atomic E-state index is 0.0213. The highest BCUT2D eigenvalue weighted by Crippen LogP contribution is 2.21. The summed E-state index contributed by atoms with van der Waals surface area (Å²) in [5, 5.41) is 6.71. The first-order valence-electron chi connectivity index (χ1n) is 10.5. The van der Waals surface area contributed by atoms with Gasteiger partial charge in [-0.15, -0.1) is 0 Å². The second-order valence-electron chi connectivity index (χ2n) is 7.65. The summed E-state index contributed by atoms with van der Waals surface area (Å²) in [7, 11) is -3.92. The predicted molar refractivity (Wildman–Crippen MR) is 131 cm³/mol. The van der Waals surface area contributed by atoms with Gasteiger partial charge in [-0.2, -0.15) is 5.10 Å². The van der Waals surface area contributed by atoms with Crippen molar-refractivity contribution >= 4 is 39.2 Å². The van der Waals surface area contributed by atoms with Crippen LogP contribution >= 0.6 is 11.6 Å². The molecule has 4 rings (SSSR count). The van der Waals surface area contributed by atoms with E-state index in [-0.39, 0.29) is 28.3 Å². The number of carbonyl (C=O) groups excluding carboxylic acids is 1. The Labute approximate surface area is 211 Å².